The second-order valence-electron chi connectivity index (χ2n) is 4.71. The van der Waals surface area contributed by atoms with E-state index in [0.717, 1.165) is 0 Å². The van der Waals surface area contributed by atoms with Gasteiger partial charge in [-0.1, -0.05) is 6.42 Å². The van der Waals surface area contributed by atoms with Crippen LogP contribution in [0.3, 0.4) is 0 Å². The van der Waals surface area contributed by atoms with E-state index >= 15 is 0 Å². The molecule has 2 fully saturated rings. The summed E-state index contributed by atoms with van der Waals surface area (Å²) in [5.41, 5.74) is 0. The Kier molecular flexibility index (Phi) is 4.74. The van der Waals surface area contributed by atoms with E-state index in [1.54, 1.807) is 0 Å². The second kappa shape index (κ2) is 5.35. The molecule has 0 atom stereocenters. The summed E-state index contributed by atoms with van der Waals surface area (Å²) in [5, 5.41) is 0. The van der Waals surface area contributed by atoms with Gasteiger partial charge in [0.05, 0.1) is 26.2 Å². The SMILES string of the molecule is C1CCC[N+]2(CCC1)CCCC2.[Br-]. The summed E-state index contributed by atoms with van der Waals surface area (Å²) in [6.07, 6.45) is 10.5. The van der Waals surface area contributed by atoms with Crippen LogP contribution in [-0.4, -0.2) is 30.7 Å². The van der Waals surface area contributed by atoms with Gasteiger partial charge in [0.15, 0.2) is 0 Å². The van der Waals surface area contributed by atoms with Crippen molar-refractivity contribution in [1.29, 1.82) is 0 Å². The molecular weight excluding hydrogens is 226 g/mol. The Bertz CT molecular complexity index is 131. The van der Waals surface area contributed by atoms with Crippen molar-refractivity contribution in [3.63, 3.8) is 0 Å². The van der Waals surface area contributed by atoms with Crippen molar-refractivity contribution in [1.82, 2.24) is 0 Å². The normalized spacial score (nSPS) is 27.7. The van der Waals surface area contributed by atoms with Crippen LogP contribution in [-0.2, 0) is 0 Å². The van der Waals surface area contributed by atoms with Gasteiger partial charge >= 0.3 is 0 Å². The molecule has 0 aromatic rings. The molecular formula is C11H22BrN. The molecule has 78 valence electrons. The third kappa shape index (κ3) is 2.95. The number of hydrogen-bond donors (Lipinski definition) is 0. The van der Waals surface area contributed by atoms with Crippen LogP contribution in [0.15, 0.2) is 0 Å². The molecule has 0 saturated carbocycles. The molecule has 13 heavy (non-hydrogen) atoms. The van der Waals surface area contributed by atoms with Gasteiger partial charge < -0.3 is 21.5 Å². The van der Waals surface area contributed by atoms with Crippen LogP contribution in [0.4, 0.5) is 0 Å². The third-order valence-electron chi connectivity index (χ3n) is 3.78. The van der Waals surface area contributed by atoms with Crippen LogP contribution < -0.4 is 17.0 Å². The van der Waals surface area contributed by atoms with Crippen LogP contribution in [0.1, 0.15) is 44.9 Å². The third-order valence-corrected chi connectivity index (χ3v) is 3.78. The first-order valence-corrected chi connectivity index (χ1v) is 5.76. The van der Waals surface area contributed by atoms with Gasteiger partial charge in [-0.15, -0.1) is 0 Å². The number of nitrogens with zero attached hydrogens (tertiary/aromatic N) is 1. The fourth-order valence-corrected chi connectivity index (χ4v) is 2.99. The van der Waals surface area contributed by atoms with Gasteiger partial charge in [0.25, 0.3) is 0 Å². The highest BCUT2D eigenvalue weighted by Crippen LogP contribution is 2.24. The zero-order chi connectivity index (χ0) is 8.28. The molecule has 0 bridgehead atoms. The maximum absolute atomic E-state index is 1.50. The molecule has 2 saturated heterocycles. The topological polar surface area (TPSA) is 0 Å². The van der Waals surface area contributed by atoms with E-state index < -0.39 is 0 Å². The first-order valence-electron chi connectivity index (χ1n) is 5.76. The minimum absolute atomic E-state index is 0. The first kappa shape index (κ1) is 11.5. The maximum Gasteiger partial charge on any atom is 0.0788 e. The highest BCUT2D eigenvalue weighted by molar-refractivity contribution is 4.58. The van der Waals surface area contributed by atoms with E-state index in [1.165, 1.54) is 75.6 Å². The fraction of sp³-hybridized carbons (Fsp3) is 1.00. The van der Waals surface area contributed by atoms with E-state index in [2.05, 4.69) is 0 Å². The number of hydrogen-bond acceptors (Lipinski definition) is 0. The Morgan fingerprint density at radius 2 is 0.769 bits per heavy atom. The van der Waals surface area contributed by atoms with E-state index in [1.807, 2.05) is 0 Å². The van der Waals surface area contributed by atoms with Gasteiger partial charge in [0, 0.05) is 12.8 Å². The van der Waals surface area contributed by atoms with Crippen molar-refractivity contribution in [2.75, 3.05) is 26.2 Å². The van der Waals surface area contributed by atoms with E-state index in [-0.39, 0.29) is 17.0 Å². The smallest absolute Gasteiger partial charge is 0.0788 e. The fourth-order valence-electron chi connectivity index (χ4n) is 2.99. The largest absolute Gasteiger partial charge is 1.00 e. The summed E-state index contributed by atoms with van der Waals surface area (Å²) in [7, 11) is 0. The van der Waals surface area contributed by atoms with Crippen LogP contribution >= 0.6 is 0 Å². The first-order chi connectivity index (χ1) is 5.91. The lowest BCUT2D eigenvalue weighted by Crippen LogP contribution is -3.00. The van der Waals surface area contributed by atoms with Crippen LogP contribution in [0.2, 0.25) is 0 Å². The van der Waals surface area contributed by atoms with Crippen molar-refractivity contribution >= 4 is 0 Å². The van der Waals surface area contributed by atoms with Crippen molar-refractivity contribution in [3.05, 3.63) is 0 Å². The summed E-state index contributed by atoms with van der Waals surface area (Å²) in [6, 6.07) is 0. The lowest BCUT2D eigenvalue weighted by atomic mass is 10.1. The van der Waals surface area contributed by atoms with Gasteiger partial charge in [-0.05, 0) is 25.7 Å². The molecule has 1 spiro atoms. The average Bonchev–Trinajstić information content (AvgIpc) is 2.47. The van der Waals surface area contributed by atoms with Gasteiger partial charge in [0.2, 0.25) is 0 Å². The molecule has 0 aromatic heterocycles. The second-order valence-corrected chi connectivity index (χ2v) is 4.71. The molecule has 1 nitrogen and oxygen atoms in total. The van der Waals surface area contributed by atoms with Crippen molar-refractivity contribution in [3.8, 4) is 0 Å². The lowest BCUT2D eigenvalue weighted by molar-refractivity contribution is -0.917. The molecule has 0 radical (unpaired) electrons. The van der Waals surface area contributed by atoms with Crippen molar-refractivity contribution in [2.45, 2.75) is 44.9 Å². The van der Waals surface area contributed by atoms with Gasteiger partial charge in [-0.25, -0.2) is 0 Å². The molecule has 0 aliphatic carbocycles. The van der Waals surface area contributed by atoms with Crippen LogP contribution in [0.25, 0.3) is 0 Å². The molecule has 0 amide bonds. The minimum Gasteiger partial charge on any atom is -1.00 e. The highest BCUT2D eigenvalue weighted by atomic mass is 79.9. The Labute approximate surface area is 92.9 Å². The molecule has 2 aliphatic rings. The van der Waals surface area contributed by atoms with Crippen LogP contribution in [0, 0.1) is 0 Å². The van der Waals surface area contributed by atoms with Crippen molar-refractivity contribution in [2.24, 2.45) is 0 Å². The molecule has 2 aliphatic heterocycles. The summed E-state index contributed by atoms with van der Waals surface area (Å²) >= 11 is 0. The van der Waals surface area contributed by atoms with Gasteiger partial charge in [-0.2, -0.15) is 0 Å². The molecule has 0 unspecified atom stereocenters. The Balaban J connectivity index is 0.000000845. The lowest BCUT2D eigenvalue weighted by Gasteiger charge is -2.35. The predicted octanol–water partition coefficient (Wildman–Crippen LogP) is -0.435. The van der Waals surface area contributed by atoms with E-state index in [9.17, 15) is 0 Å². The molecule has 2 heterocycles. The average molecular weight is 248 g/mol. The van der Waals surface area contributed by atoms with Gasteiger partial charge in [0.1, 0.15) is 0 Å². The monoisotopic (exact) mass is 247 g/mol. The molecule has 2 heteroatoms. The number of quaternary nitrogens is 1. The zero-order valence-electron chi connectivity index (χ0n) is 8.60. The van der Waals surface area contributed by atoms with E-state index in [4.69, 9.17) is 0 Å². The summed E-state index contributed by atoms with van der Waals surface area (Å²) in [4.78, 5) is 0. The maximum atomic E-state index is 1.50. The molecule has 0 N–H and O–H groups in total. The van der Waals surface area contributed by atoms with Gasteiger partial charge in [-0.3, -0.25) is 0 Å². The van der Waals surface area contributed by atoms with E-state index in [0.29, 0.717) is 0 Å². The Hall–Kier alpha value is 0.440. The highest BCUT2D eigenvalue weighted by Gasteiger charge is 2.31. The summed E-state index contributed by atoms with van der Waals surface area (Å²) in [6.45, 7) is 6.00. The van der Waals surface area contributed by atoms with Crippen LogP contribution in [0.5, 0.6) is 0 Å². The molecule has 2 rings (SSSR count). The summed E-state index contributed by atoms with van der Waals surface area (Å²) in [5.74, 6) is 0. The quantitative estimate of drug-likeness (QED) is 0.510. The van der Waals surface area contributed by atoms with Crippen molar-refractivity contribution < 1.29 is 21.5 Å². The number of halogens is 1. The Morgan fingerprint density at radius 1 is 0.462 bits per heavy atom. The Morgan fingerprint density at radius 3 is 1.23 bits per heavy atom. The minimum atomic E-state index is 0. The number of rotatable bonds is 0. The zero-order valence-corrected chi connectivity index (χ0v) is 10.2. The summed E-state index contributed by atoms with van der Waals surface area (Å²) < 4.78 is 1.50. The predicted molar refractivity (Wildman–Crippen MR) is 52.0 cm³/mol. The molecule has 0 aromatic carbocycles. The standard InChI is InChI=1S/C11H22N.BrH/c1-2-4-8-12(9-5-3-1)10-6-7-11-12;/h1-11H2;1H/q+1;/p-1.